The molecular weight excluding hydrogens is 450 g/mol. The molecule has 0 fully saturated rings. The molecule has 4 aromatic rings. The normalized spacial score (nSPS) is 10.9. The number of carboxylic acids is 1. The molecule has 0 unspecified atom stereocenters. The molecule has 1 aromatic carbocycles. The number of carbonyl (C=O) groups is 2. The van der Waals surface area contributed by atoms with Gasteiger partial charge in [-0.25, -0.2) is 14.8 Å². The zero-order valence-corrected chi connectivity index (χ0v) is 19.8. The molecule has 34 heavy (non-hydrogen) atoms. The monoisotopic (exact) mass is 475 g/mol. The Kier molecular flexibility index (Phi) is 7.12. The van der Waals surface area contributed by atoms with Crippen LogP contribution in [0.5, 0.6) is 0 Å². The summed E-state index contributed by atoms with van der Waals surface area (Å²) in [4.78, 5) is 37.6. The Bertz CT molecular complexity index is 1320. The van der Waals surface area contributed by atoms with Crippen molar-refractivity contribution in [2.24, 2.45) is 0 Å². The predicted molar refractivity (Wildman–Crippen MR) is 134 cm³/mol. The van der Waals surface area contributed by atoms with Gasteiger partial charge in [-0.15, -0.1) is 11.3 Å². The second-order valence-corrected chi connectivity index (χ2v) is 8.90. The highest BCUT2D eigenvalue weighted by Crippen LogP contribution is 2.34. The third-order valence-electron chi connectivity index (χ3n) is 5.34. The maximum absolute atomic E-state index is 11.7. The number of carbonyl (C=O) groups excluding carboxylic acids is 1. The highest BCUT2D eigenvalue weighted by molar-refractivity contribution is 7.20. The van der Waals surface area contributed by atoms with E-state index >= 15 is 0 Å². The number of anilines is 2. The third-order valence-corrected chi connectivity index (χ3v) is 6.52. The Balaban J connectivity index is 1.55. The van der Waals surface area contributed by atoms with Gasteiger partial charge in [0.2, 0.25) is 5.91 Å². The van der Waals surface area contributed by atoms with Gasteiger partial charge in [0.25, 0.3) is 0 Å². The molecular formula is C25H25N5O3S. The maximum atomic E-state index is 11.7. The van der Waals surface area contributed by atoms with Crippen molar-refractivity contribution in [1.82, 2.24) is 15.0 Å². The largest absolute Gasteiger partial charge is 0.477 e. The zero-order chi connectivity index (χ0) is 24.1. The average molecular weight is 476 g/mol. The fraction of sp³-hybridized carbons (Fsp3) is 0.240. The fourth-order valence-corrected chi connectivity index (χ4v) is 4.73. The molecule has 0 atom stereocenters. The first kappa shape index (κ1) is 23.3. The zero-order valence-electron chi connectivity index (χ0n) is 19.0. The van der Waals surface area contributed by atoms with Gasteiger partial charge in [0.15, 0.2) is 0 Å². The summed E-state index contributed by atoms with van der Waals surface area (Å²) in [6.45, 7) is 3.89. The summed E-state index contributed by atoms with van der Waals surface area (Å²) in [7, 11) is 0. The Labute approximate surface area is 201 Å². The molecule has 0 aliphatic carbocycles. The molecule has 0 aliphatic heterocycles. The molecule has 1 amide bonds. The highest BCUT2D eigenvalue weighted by Gasteiger charge is 2.20. The van der Waals surface area contributed by atoms with Gasteiger partial charge in [-0.1, -0.05) is 18.2 Å². The summed E-state index contributed by atoms with van der Waals surface area (Å²) in [5, 5.41) is 16.5. The first-order chi connectivity index (χ1) is 16.4. The van der Waals surface area contributed by atoms with E-state index in [0.29, 0.717) is 35.0 Å². The second-order valence-electron chi connectivity index (χ2n) is 7.91. The fourth-order valence-electron chi connectivity index (χ4n) is 3.70. The van der Waals surface area contributed by atoms with E-state index in [1.165, 1.54) is 18.3 Å². The van der Waals surface area contributed by atoms with Crippen LogP contribution in [0.1, 0.15) is 39.2 Å². The van der Waals surface area contributed by atoms with Crippen LogP contribution in [0, 0.1) is 6.92 Å². The molecule has 4 rings (SSSR count). The van der Waals surface area contributed by atoms with E-state index in [4.69, 9.17) is 4.98 Å². The van der Waals surface area contributed by atoms with Gasteiger partial charge < -0.3 is 15.7 Å². The Hall–Kier alpha value is -3.85. The number of thiophene rings is 1. The van der Waals surface area contributed by atoms with Crippen LogP contribution in [-0.4, -0.2) is 38.5 Å². The number of amides is 1. The molecule has 0 saturated heterocycles. The van der Waals surface area contributed by atoms with E-state index in [1.807, 2.05) is 42.5 Å². The van der Waals surface area contributed by atoms with Crippen LogP contribution in [0.25, 0.3) is 10.2 Å². The maximum Gasteiger partial charge on any atom is 0.346 e. The number of benzene rings is 1. The number of carboxylic acid groups (broad SMARTS) is 1. The lowest BCUT2D eigenvalue weighted by molar-refractivity contribution is -0.114. The van der Waals surface area contributed by atoms with Crippen LogP contribution in [0.15, 0.2) is 48.7 Å². The molecule has 0 radical (unpaired) electrons. The molecule has 9 heteroatoms. The summed E-state index contributed by atoms with van der Waals surface area (Å²) in [5.74, 6) is 0.236. The lowest BCUT2D eigenvalue weighted by Crippen LogP contribution is -2.10. The quantitative estimate of drug-likeness (QED) is 0.326. The number of nitrogens with one attached hydrogen (secondary N) is 2. The summed E-state index contributed by atoms with van der Waals surface area (Å²) >= 11 is 1.18. The van der Waals surface area contributed by atoms with E-state index in [1.54, 1.807) is 13.1 Å². The molecule has 3 heterocycles. The van der Waals surface area contributed by atoms with Gasteiger partial charge in [-0.3, -0.25) is 9.78 Å². The molecule has 0 saturated carbocycles. The smallest absolute Gasteiger partial charge is 0.346 e. The van der Waals surface area contributed by atoms with E-state index in [2.05, 4.69) is 20.6 Å². The minimum absolute atomic E-state index is 0.107. The summed E-state index contributed by atoms with van der Waals surface area (Å²) < 4.78 is 0. The van der Waals surface area contributed by atoms with Crippen molar-refractivity contribution in [3.8, 4) is 0 Å². The number of hydrogen-bond acceptors (Lipinski definition) is 7. The van der Waals surface area contributed by atoms with Crippen molar-refractivity contribution >= 4 is 44.9 Å². The van der Waals surface area contributed by atoms with E-state index in [-0.39, 0.29) is 10.8 Å². The van der Waals surface area contributed by atoms with Crippen molar-refractivity contribution in [1.29, 1.82) is 0 Å². The molecule has 3 aromatic heterocycles. The topological polar surface area (TPSA) is 117 Å². The van der Waals surface area contributed by atoms with Crippen molar-refractivity contribution < 1.29 is 14.7 Å². The van der Waals surface area contributed by atoms with Crippen LogP contribution in [0.2, 0.25) is 0 Å². The minimum atomic E-state index is -0.958. The van der Waals surface area contributed by atoms with E-state index in [0.717, 1.165) is 35.2 Å². The number of nitrogens with zero attached hydrogens (tertiary/aromatic N) is 3. The van der Waals surface area contributed by atoms with Gasteiger partial charge in [-0.05, 0) is 48.7 Å². The van der Waals surface area contributed by atoms with Gasteiger partial charge in [0.05, 0.1) is 5.39 Å². The number of fused-ring (bicyclic) bond motifs is 1. The molecule has 174 valence electrons. The molecule has 0 bridgehead atoms. The Morgan fingerprint density at radius 2 is 1.82 bits per heavy atom. The number of rotatable bonds is 9. The minimum Gasteiger partial charge on any atom is -0.477 e. The van der Waals surface area contributed by atoms with E-state index in [9.17, 15) is 14.7 Å². The number of pyridine rings is 1. The third kappa shape index (κ3) is 5.55. The highest BCUT2D eigenvalue weighted by atomic mass is 32.1. The number of hydrogen-bond donors (Lipinski definition) is 3. The second kappa shape index (κ2) is 10.4. The average Bonchev–Trinajstić information content (AvgIpc) is 3.16. The SMILES string of the molecule is CC(=O)Nc1ccc(CCc2nc(NCCc3ccccn3)c3c(C)c(C(=O)O)sc3n2)cc1. The van der Waals surface area contributed by atoms with Crippen molar-refractivity contribution in [3.63, 3.8) is 0 Å². The van der Waals surface area contributed by atoms with Crippen LogP contribution >= 0.6 is 11.3 Å². The van der Waals surface area contributed by atoms with Crippen molar-refractivity contribution in [2.75, 3.05) is 17.2 Å². The first-order valence-corrected chi connectivity index (χ1v) is 11.8. The number of aryl methyl sites for hydroxylation is 3. The van der Waals surface area contributed by atoms with Gasteiger partial charge in [0, 0.05) is 43.9 Å². The summed E-state index contributed by atoms with van der Waals surface area (Å²) in [6.07, 6.45) is 3.80. The summed E-state index contributed by atoms with van der Waals surface area (Å²) in [5.41, 5.74) is 3.49. The van der Waals surface area contributed by atoms with Crippen LogP contribution in [-0.2, 0) is 24.1 Å². The first-order valence-electron chi connectivity index (χ1n) is 10.9. The van der Waals surface area contributed by atoms with Crippen LogP contribution in [0.4, 0.5) is 11.5 Å². The molecule has 3 N–H and O–H groups in total. The standard InChI is InChI=1S/C25H25N5O3S/c1-15-21-23(27-14-12-18-5-3-4-13-26-18)29-20(30-24(21)34-22(15)25(32)33)11-8-17-6-9-19(10-7-17)28-16(2)31/h3-7,9-10,13H,8,11-12,14H2,1-2H3,(H,28,31)(H,32,33)(H,27,29,30). The summed E-state index contributed by atoms with van der Waals surface area (Å²) in [6, 6.07) is 13.5. The van der Waals surface area contributed by atoms with Crippen molar-refractivity contribution in [2.45, 2.75) is 33.1 Å². The Morgan fingerprint density at radius 3 is 2.50 bits per heavy atom. The molecule has 0 aliphatic rings. The van der Waals surface area contributed by atoms with Crippen LogP contribution < -0.4 is 10.6 Å². The number of aromatic nitrogens is 3. The van der Waals surface area contributed by atoms with Crippen LogP contribution in [0.3, 0.4) is 0 Å². The predicted octanol–water partition coefficient (Wildman–Crippen LogP) is 4.49. The van der Waals surface area contributed by atoms with Gasteiger partial charge in [-0.2, -0.15) is 0 Å². The molecule has 0 spiro atoms. The number of aromatic carboxylic acids is 1. The van der Waals surface area contributed by atoms with E-state index < -0.39 is 5.97 Å². The van der Waals surface area contributed by atoms with Gasteiger partial charge >= 0.3 is 5.97 Å². The lowest BCUT2D eigenvalue weighted by atomic mass is 10.1. The molecule has 8 nitrogen and oxygen atoms in total. The lowest BCUT2D eigenvalue weighted by Gasteiger charge is -2.10. The Morgan fingerprint density at radius 1 is 1.03 bits per heavy atom. The van der Waals surface area contributed by atoms with Gasteiger partial charge in [0.1, 0.15) is 21.3 Å². The van der Waals surface area contributed by atoms with Crippen molar-refractivity contribution in [3.05, 3.63) is 76.2 Å².